The number of benzene rings is 1. The molecule has 1 rings (SSSR count). The summed E-state index contributed by atoms with van der Waals surface area (Å²) in [5.74, 6) is -0.627. The molecule has 0 spiro atoms. The van der Waals surface area contributed by atoms with Crippen LogP contribution in [0.15, 0.2) is 12.1 Å². The summed E-state index contributed by atoms with van der Waals surface area (Å²) in [6.45, 7) is 5.15. The smallest absolute Gasteiger partial charge is 0.408 e. The van der Waals surface area contributed by atoms with Gasteiger partial charge >= 0.3 is 12.1 Å². The third-order valence-electron chi connectivity index (χ3n) is 2.69. The molecule has 1 atom stereocenters. The van der Waals surface area contributed by atoms with E-state index >= 15 is 0 Å². The molecule has 0 aliphatic carbocycles. The van der Waals surface area contributed by atoms with E-state index in [1.807, 2.05) is 0 Å². The van der Waals surface area contributed by atoms with E-state index in [-0.39, 0.29) is 6.42 Å². The zero-order valence-corrected chi connectivity index (χ0v) is 15.5. The number of carbonyl (C=O) groups excluding carboxylic acids is 2. The molecule has 0 saturated carbocycles. The van der Waals surface area contributed by atoms with Crippen LogP contribution < -0.4 is 5.32 Å². The molecule has 0 aromatic heterocycles. The molecular formula is C15H18Cl3NO4. The summed E-state index contributed by atoms with van der Waals surface area (Å²) in [7, 11) is 1.22. The van der Waals surface area contributed by atoms with E-state index in [0.29, 0.717) is 20.6 Å². The number of esters is 1. The number of alkyl carbamates (subject to hydrolysis) is 1. The highest BCUT2D eigenvalue weighted by atomic mass is 35.5. The lowest BCUT2D eigenvalue weighted by atomic mass is 10.1. The molecule has 23 heavy (non-hydrogen) atoms. The summed E-state index contributed by atoms with van der Waals surface area (Å²) >= 11 is 17.9. The lowest BCUT2D eigenvalue weighted by molar-refractivity contribution is -0.143. The summed E-state index contributed by atoms with van der Waals surface area (Å²) in [5.41, 5.74) is -0.140. The average molecular weight is 383 g/mol. The van der Waals surface area contributed by atoms with Crippen molar-refractivity contribution >= 4 is 46.9 Å². The van der Waals surface area contributed by atoms with Gasteiger partial charge in [0.15, 0.2) is 0 Å². The number of amides is 1. The number of halogens is 3. The second-order valence-corrected chi connectivity index (χ2v) is 7.01. The molecule has 1 aromatic carbocycles. The van der Waals surface area contributed by atoms with E-state index in [4.69, 9.17) is 44.3 Å². The highest BCUT2D eigenvalue weighted by molar-refractivity contribution is 6.43. The lowest BCUT2D eigenvalue weighted by Gasteiger charge is -2.23. The second kappa shape index (κ2) is 8.08. The minimum Gasteiger partial charge on any atom is -0.467 e. The van der Waals surface area contributed by atoms with Gasteiger partial charge in [0.2, 0.25) is 0 Å². The molecule has 0 radical (unpaired) electrons. The standard InChI is InChI=1S/C15H18Cl3NO4/c1-15(2,3)23-14(21)19-12(13(20)22-4)6-8-5-10(17)11(18)7-9(8)16/h5,7,12H,6H2,1-4H3,(H,19,21)/t12-/m1/s1. The minimum absolute atomic E-state index is 0.0850. The molecule has 0 saturated heterocycles. The lowest BCUT2D eigenvalue weighted by Crippen LogP contribution is -2.45. The first-order valence-corrected chi connectivity index (χ1v) is 7.87. The summed E-state index contributed by atoms with van der Waals surface area (Å²) in [6, 6.07) is 2.05. The molecule has 1 aromatic rings. The van der Waals surface area contributed by atoms with Crippen molar-refractivity contribution in [2.45, 2.75) is 38.8 Å². The predicted octanol–water partition coefficient (Wildman–Crippen LogP) is 4.26. The normalized spacial score (nSPS) is 12.5. The van der Waals surface area contributed by atoms with Gasteiger partial charge < -0.3 is 14.8 Å². The van der Waals surface area contributed by atoms with Gasteiger partial charge in [0, 0.05) is 11.4 Å². The van der Waals surface area contributed by atoms with Gasteiger partial charge in [-0.1, -0.05) is 34.8 Å². The van der Waals surface area contributed by atoms with E-state index in [1.165, 1.54) is 13.2 Å². The molecule has 5 nitrogen and oxygen atoms in total. The van der Waals surface area contributed by atoms with Crippen molar-refractivity contribution in [2.75, 3.05) is 7.11 Å². The van der Waals surface area contributed by atoms with Gasteiger partial charge in [-0.05, 0) is 38.5 Å². The number of rotatable bonds is 4. The molecular weight excluding hydrogens is 365 g/mol. The highest BCUT2D eigenvalue weighted by Crippen LogP contribution is 2.29. The Balaban J connectivity index is 2.94. The topological polar surface area (TPSA) is 64.6 Å². The van der Waals surface area contributed by atoms with Crippen molar-refractivity contribution in [3.63, 3.8) is 0 Å². The number of hydrogen-bond donors (Lipinski definition) is 1. The fraction of sp³-hybridized carbons (Fsp3) is 0.467. The molecule has 0 bridgehead atoms. The monoisotopic (exact) mass is 381 g/mol. The average Bonchev–Trinajstić information content (AvgIpc) is 2.40. The van der Waals surface area contributed by atoms with E-state index < -0.39 is 23.7 Å². The Morgan fingerprint density at radius 3 is 2.22 bits per heavy atom. The van der Waals surface area contributed by atoms with E-state index in [1.54, 1.807) is 26.8 Å². The Bertz CT molecular complexity index is 599. The van der Waals surface area contributed by atoms with Crippen molar-refractivity contribution in [2.24, 2.45) is 0 Å². The summed E-state index contributed by atoms with van der Waals surface area (Å²) in [4.78, 5) is 23.8. The fourth-order valence-corrected chi connectivity index (χ4v) is 2.37. The SMILES string of the molecule is COC(=O)[C@@H](Cc1cc(Cl)c(Cl)cc1Cl)NC(=O)OC(C)(C)C. The third kappa shape index (κ3) is 6.45. The minimum atomic E-state index is -0.968. The number of ether oxygens (including phenoxy) is 2. The van der Waals surface area contributed by atoms with E-state index in [9.17, 15) is 9.59 Å². The van der Waals surface area contributed by atoms with Crippen LogP contribution in [-0.2, 0) is 20.7 Å². The first-order valence-electron chi connectivity index (χ1n) is 6.74. The maximum atomic E-state index is 11.9. The van der Waals surface area contributed by atoms with E-state index in [2.05, 4.69) is 5.32 Å². The van der Waals surface area contributed by atoms with Crippen molar-refractivity contribution in [1.82, 2.24) is 5.32 Å². The van der Waals surface area contributed by atoms with Crippen LogP contribution in [0.3, 0.4) is 0 Å². The first-order chi connectivity index (χ1) is 10.5. The van der Waals surface area contributed by atoms with Crippen LogP contribution in [0.5, 0.6) is 0 Å². The third-order valence-corrected chi connectivity index (χ3v) is 3.76. The molecule has 1 amide bonds. The molecule has 0 heterocycles. The van der Waals surface area contributed by atoms with Crippen LogP contribution in [0.1, 0.15) is 26.3 Å². The van der Waals surface area contributed by atoms with Gasteiger partial charge in [-0.3, -0.25) is 0 Å². The number of carbonyl (C=O) groups is 2. The first kappa shape index (κ1) is 19.9. The van der Waals surface area contributed by atoms with Gasteiger partial charge in [0.1, 0.15) is 11.6 Å². The predicted molar refractivity (Wildman–Crippen MR) is 90.3 cm³/mol. The fourth-order valence-electron chi connectivity index (χ4n) is 1.73. The molecule has 128 valence electrons. The number of nitrogens with one attached hydrogen (secondary N) is 1. The zero-order chi connectivity index (χ0) is 17.8. The van der Waals surface area contributed by atoms with Crippen LogP contribution in [0.25, 0.3) is 0 Å². The van der Waals surface area contributed by atoms with Crippen LogP contribution in [0, 0.1) is 0 Å². The van der Waals surface area contributed by atoms with Gasteiger partial charge in [-0.2, -0.15) is 0 Å². The molecule has 0 aliphatic heterocycles. The van der Waals surface area contributed by atoms with Crippen LogP contribution in [0.4, 0.5) is 4.79 Å². The maximum absolute atomic E-state index is 11.9. The van der Waals surface area contributed by atoms with Gasteiger partial charge in [0.05, 0.1) is 17.2 Å². The summed E-state index contributed by atoms with van der Waals surface area (Å²) < 4.78 is 9.83. The number of methoxy groups -OCH3 is 1. The van der Waals surface area contributed by atoms with Crippen molar-refractivity contribution in [1.29, 1.82) is 0 Å². The quantitative estimate of drug-likeness (QED) is 0.624. The van der Waals surface area contributed by atoms with Crippen molar-refractivity contribution in [3.8, 4) is 0 Å². The highest BCUT2D eigenvalue weighted by Gasteiger charge is 2.26. The van der Waals surface area contributed by atoms with Crippen molar-refractivity contribution in [3.05, 3.63) is 32.8 Å². The van der Waals surface area contributed by atoms with Gasteiger partial charge in [0.25, 0.3) is 0 Å². The molecule has 0 fully saturated rings. The van der Waals surface area contributed by atoms with Crippen molar-refractivity contribution < 1.29 is 19.1 Å². The van der Waals surface area contributed by atoms with Crippen LogP contribution in [-0.4, -0.2) is 30.8 Å². The Labute approximate surface area is 150 Å². The summed E-state index contributed by atoms with van der Waals surface area (Å²) in [5, 5.41) is 3.40. The Hall–Kier alpha value is -1.17. The van der Waals surface area contributed by atoms with Crippen LogP contribution in [0.2, 0.25) is 15.1 Å². The molecule has 8 heteroatoms. The second-order valence-electron chi connectivity index (χ2n) is 5.78. The largest absolute Gasteiger partial charge is 0.467 e. The molecule has 0 aliphatic rings. The van der Waals surface area contributed by atoms with E-state index in [0.717, 1.165) is 0 Å². The van der Waals surface area contributed by atoms with Crippen LogP contribution >= 0.6 is 34.8 Å². The Morgan fingerprint density at radius 1 is 1.13 bits per heavy atom. The maximum Gasteiger partial charge on any atom is 0.408 e. The zero-order valence-electron chi connectivity index (χ0n) is 13.2. The van der Waals surface area contributed by atoms with Gasteiger partial charge in [-0.15, -0.1) is 0 Å². The molecule has 0 unspecified atom stereocenters. The Kier molecular flexibility index (Phi) is 6.99. The molecule has 1 N–H and O–H groups in total. The number of hydrogen-bond acceptors (Lipinski definition) is 4. The summed E-state index contributed by atoms with van der Waals surface area (Å²) in [6.07, 6.45) is -0.647. The Morgan fingerprint density at radius 2 is 1.70 bits per heavy atom. The van der Waals surface area contributed by atoms with Gasteiger partial charge in [-0.25, -0.2) is 9.59 Å².